The van der Waals surface area contributed by atoms with Gasteiger partial charge in [-0.05, 0) is 67.4 Å². The lowest BCUT2D eigenvalue weighted by atomic mass is 10.1. The van der Waals surface area contributed by atoms with Crippen LogP contribution in [-0.4, -0.2) is 41.0 Å². The van der Waals surface area contributed by atoms with E-state index < -0.39 is 28.4 Å². The molecule has 0 saturated heterocycles. The average Bonchev–Trinajstić information content (AvgIpc) is 2.81. The van der Waals surface area contributed by atoms with Crippen LogP contribution in [0.1, 0.15) is 31.8 Å². The number of sulfonamides is 1. The quantitative estimate of drug-likeness (QED) is 0.360. The molecule has 0 amide bonds. The van der Waals surface area contributed by atoms with Crippen molar-refractivity contribution in [2.24, 2.45) is 0 Å². The third-order valence-corrected chi connectivity index (χ3v) is 6.55. The van der Waals surface area contributed by atoms with Crippen molar-refractivity contribution >= 4 is 27.5 Å². The second kappa shape index (κ2) is 10.4. The number of carbonyl (C=O) groups excluding carboxylic acids is 2. The summed E-state index contributed by atoms with van der Waals surface area (Å²) in [6.07, 6.45) is 0. The average molecular weight is 484 g/mol. The first-order chi connectivity index (χ1) is 16.1. The third kappa shape index (κ3) is 5.74. The number of rotatable bonds is 9. The van der Waals surface area contributed by atoms with E-state index in [1.165, 1.54) is 44.6 Å². The van der Waals surface area contributed by atoms with Crippen molar-refractivity contribution in [2.75, 3.05) is 25.5 Å². The van der Waals surface area contributed by atoms with Gasteiger partial charge >= 0.3 is 5.97 Å². The van der Waals surface area contributed by atoms with E-state index in [9.17, 15) is 18.0 Å². The number of methoxy groups -OCH3 is 2. The van der Waals surface area contributed by atoms with Crippen LogP contribution in [0.3, 0.4) is 0 Å². The van der Waals surface area contributed by atoms with E-state index in [0.717, 1.165) is 5.56 Å². The molecule has 0 aromatic heterocycles. The SMILES string of the molecule is COc1ccc(C(=O)COC(=O)c2ccc(C)c(S(=O)(=O)Nc3cccc(C)c3)c2)cc1OC. The Hall–Kier alpha value is -3.85. The number of aryl methyl sites for hydroxylation is 2. The second-order valence-electron chi connectivity index (χ2n) is 7.52. The molecule has 8 nitrogen and oxygen atoms in total. The number of anilines is 1. The summed E-state index contributed by atoms with van der Waals surface area (Å²) >= 11 is 0. The Morgan fingerprint density at radius 1 is 0.853 bits per heavy atom. The van der Waals surface area contributed by atoms with Gasteiger partial charge in [-0.15, -0.1) is 0 Å². The fourth-order valence-electron chi connectivity index (χ4n) is 3.24. The predicted octanol–water partition coefficient (Wildman–Crippen LogP) is 4.16. The highest BCUT2D eigenvalue weighted by atomic mass is 32.2. The molecule has 0 spiro atoms. The number of hydrogen-bond acceptors (Lipinski definition) is 7. The van der Waals surface area contributed by atoms with Gasteiger partial charge in [0.25, 0.3) is 10.0 Å². The summed E-state index contributed by atoms with van der Waals surface area (Å²) in [5.41, 5.74) is 2.05. The van der Waals surface area contributed by atoms with Gasteiger partial charge in [0.1, 0.15) is 0 Å². The molecule has 178 valence electrons. The molecule has 3 rings (SSSR count). The van der Waals surface area contributed by atoms with E-state index in [-0.39, 0.29) is 16.0 Å². The molecular weight excluding hydrogens is 458 g/mol. The zero-order valence-electron chi connectivity index (χ0n) is 19.2. The minimum atomic E-state index is -3.96. The van der Waals surface area contributed by atoms with E-state index in [0.29, 0.717) is 22.7 Å². The summed E-state index contributed by atoms with van der Waals surface area (Å²) in [7, 11) is -1.03. The normalized spacial score (nSPS) is 10.9. The van der Waals surface area contributed by atoms with Crippen molar-refractivity contribution in [3.05, 3.63) is 82.9 Å². The van der Waals surface area contributed by atoms with E-state index in [1.54, 1.807) is 31.2 Å². The standard InChI is InChI=1S/C25H25NO7S/c1-16-6-5-7-20(12-16)26-34(29,30)24-14-19(9-8-17(24)2)25(28)33-15-21(27)18-10-11-22(31-3)23(13-18)32-4/h5-14,26H,15H2,1-4H3. The summed E-state index contributed by atoms with van der Waals surface area (Å²) in [6, 6.07) is 15.7. The number of benzene rings is 3. The molecule has 0 saturated carbocycles. The molecule has 1 N–H and O–H groups in total. The van der Waals surface area contributed by atoms with Gasteiger partial charge in [-0.1, -0.05) is 18.2 Å². The monoisotopic (exact) mass is 483 g/mol. The lowest BCUT2D eigenvalue weighted by molar-refractivity contribution is 0.0474. The maximum absolute atomic E-state index is 12.9. The van der Waals surface area contributed by atoms with Gasteiger partial charge in [0.05, 0.1) is 24.7 Å². The van der Waals surface area contributed by atoms with Crippen LogP contribution in [0, 0.1) is 13.8 Å². The lowest BCUT2D eigenvalue weighted by Gasteiger charge is -2.12. The maximum Gasteiger partial charge on any atom is 0.338 e. The van der Waals surface area contributed by atoms with Crippen LogP contribution < -0.4 is 14.2 Å². The summed E-state index contributed by atoms with van der Waals surface area (Å²) < 4.78 is 43.8. The van der Waals surface area contributed by atoms with Crippen LogP contribution >= 0.6 is 0 Å². The van der Waals surface area contributed by atoms with Gasteiger partial charge in [0, 0.05) is 11.3 Å². The molecule has 3 aromatic rings. The van der Waals surface area contributed by atoms with E-state index in [1.807, 2.05) is 13.0 Å². The topological polar surface area (TPSA) is 108 Å². The van der Waals surface area contributed by atoms with Gasteiger partial charge in [0.2, 0.25) is 0 Å². The van der Waals surface area contributed by atoms with Gasteiger partial charge in [-0.3, -0.25) is 9.52 Å². The number of carbonyl (C=O) groups is 2. The van der Waals surface area contributed by atoms with Crippen molar-refractivity contribution in [2.45, 2.75) is 18.7 Å². The molecule has 0 heterocycles. The lowest BCUT2D eigenvalue weighted by Crippen LogP contribution is -2.17. The first-order valence-electron chi connectivity index (χ1n) is 10.3. The van der Waals surface area contributed by atoms with Crippen LogP contribution in [0.15, 0.2) is 65.6 Å². The highest BCUT2D eigenvalue weighted by Gasteiger charge is 2.21. The van der Waals surface area contributed by atoms with Gasteiger partial charge in [0.15, 0.2) is 23.9 Å². The molecule has 0 aliphatic carbocycles. The summed E-state index contributed by atoms with van der Waals surface area (Å²) in [5.74, 6) is -0.436. The maximum atomic E-state index is 12.9. The van der Waals surface area contributed by atoms with Crippen molar-refractivity contribution < 1.29 is 32.2 Å². The van der Waals surface area contributed by atoms with Crippen LogP contribution in [0.4, 0.5) is 5.69 Å². The van der Waals surface area contributed by atoms with Crippen molar-refractivity contribution in [1.29, 1.82) is 0 Å². The molecule has 0 radical (unpaired) electrons. The molecule has 34 heavy (non-hydrogen) atoms. The Labute approximate surface area is 198 Å². The molecule has 0 aliphatic heterocycles. The molecular formula is C25H25NO7S. The summed E-state index contributed by atoms with van der Waals surface area (Å²) in [4.78, 5) is 25.0. The van der Waals surface area contributed by atoms with Crippen molar-refractivity contribution in [3.63, 3.8) is 0 Å². The number of Topliss-reactive ketones (excluding diaryl/α,β-unsaturated/α-hetero) is 1. The first-order valence-corrected chi connectivity index (χ1v) is 11.8. The second-order valence-corrected chi connectivity index (χ2v) is 9.18. The van der Waals surface area contributed by atoms with Crippen molar-refractivity contribution in [3.8, 4) is 11.5 Å². The highest BCUT2D eigenvalue weighted by molar-refractivity contribution is 7.92. The third-order valence-electron chi connectivity index (χ3n) is 5.02. The Kier molecular flexibility index (Phi) is 7.57. The smallest absolute Gasteiger partial charge is 0.338 e. The molecule has 0 bridgehead atoms. The zero-order chi connectivity index (χ0) is 24.9. The van der Waals surface area contributed by atoms with Gasteiger partial charge < -0.3 is 14.2 Å². The first kappa shape index (κ1) is 24.8. The van der Waals surface area contributed by atoms with Crippen molar-refractivity contribution in [1.82, 2.24) is 0 Å². The van der Waals surface area contributed by atoms with Crippen LogP contribution in [0.25, 0.3) is 0 Å². The Balaban J connectivity index is 1.75. The largest absolute Gasteiger partial charge is 0.493 e. The molecule has 3 aromatic carbocycles. The molecule has 9 heteroatoms. The molecule has 0 atom stereocenters. The number of ketones is 1. The zero-order valence-corrected chi connectivity index (χ0v) is 20.1. The number of esters is 1. The van der Waals surface area contributed by atoms with Crippen LogP contribution in [-0.2, 0) is 14.8 Å². The van der Waals surface area contributed by atoms with Crippen LogP contribution in [0.2, 0.25) is 0 Å². The molecule has 0 aliphatic rings. The van der Waals surface area contributed by atoms with Crippen LogP contribution in [0.5, 0.6) is 11.5 Å². The van der Waals surface area contributed by atoms with E-state index in [4.69, 9.17) is 14.2 Å². The van der Waals surface area contributed by atoms with E-state index >= 15 is 0 Å². The Bertz CT molecular complexity index is 1330. The number of hydrogen-bond donors (Lipinski definition) is 1. The number of nitrogens with one attached hydrogen (secondary N) is 1. The predicted molar refractivity (Wildman–Crippen MR) is 127 cm³/mol. The Morgan fingerprint density at radius 2 is 1.56 bits per heavy atom. The highest BCUT2D eigenvalue weighted by Crippen LogP contribution is 2.28. The summed E-state index contributed by atoms with van der Waals surface area (Å²) in [5, 5.41) is 0. The summed E-state index contributed by atoms with van der Waals surface area (Å²) in [6.45, 7) is 2.95. The van der Waals surface area contributed by atoms with Gasteiger partial charge in [-0.25, -0.2) is 13.2 Å². The Morgan fingerprint density at radius 3 is 2.24 bits per heavy atom. The molecule has 0 fully saturated rings. The minimum Gasteiger partial charge on any atom is -0.493 e. The molecule has 0 unspecified atom stereocenters. The van der Waals surface area contributed by atoms with Gasteiger partial charge in [-0.2, -0.15) is 0 Å². The minimum absolute atomic E-state index is 0.00956. The van der Waals surface area contributed by atoms with E-state index in [2.05, 4.69) is 4.72 Å². The fourth-order valence-corrected chi connectivity index (χ4v) is 4.56. The fraction of sp³-hybridized carbons (Fsp3) is 0.200. The number of ether oxygens (including phenoxy) is 3.